The van der Waals surface area contributed by atoms with Crippen molar-refractivity contribution in [2.24, 2.45) is 5.10 Å². The van der Waals surface area contributed by atoms with Crippen molar-refractivity contribution in [2.45, 2.75) is 6.92 Å². The van der Waals surface area contributed by atoms with Crippen molar-refractivity contribution in [3.8, 4) is 5.75 Å². The van der Waals surface area contributed by atoms with Crippen molar-refractivity contribution in [3.63, 3.8) is 0 Å². The number of hydrogen-bond acceptors (Lipinski definition) is 5. The highest BCUT2D eigenvalue weighted by Crippen LogP contribution is 2.35. The molecule has 0 saturated carbocycles. The Hall–Kier alpha value is -3.48. The summed E-state index contributed by atoms with van der Waals surface area (Å²) in [6.07, 6.45) is 1.43. The summed E-state index contributed by atoms with van der Waals surface area (Å²) in [7, 11) is 0. The fraction of sp³-hybridized carbons (Fsp3) is 0.0417. The molecule has 5 nitrogen and oxygen atoms in total. The monoisotopic (exact) mass is 448 g/mol. The van der Waals surface area contributed by atoms with Gasteiger partial charge in [0.15, 0.2) is 0 Å². The van der Waals surface area contributed by atoms with Crippen LogP contribution in [0.1, 0.15) is 31.2 Å². The van der Waals surface area contributed by atoms with Crippen molar-refractivity contribution >= 4 is 51.1 Å². The third kappa shape index (κ3) is 4.66. The molecule has 1 heterocycles. The Bertz CT molecular complexity index is 1300. The number of esters is 1. The Morgan fingerprint density at radius 3 is 2.48 bits per heavy atom. The molecule has 0 bridgehead atoms. The van der Waals surface area contributed by atoms with Crippen LogP contribution < -0.4 is 10.2 Å². The first-order valence-electron chi connectivity index (χ1n) is 9.41. The van der Waals surface area contributed by atoms with Gasteiger partial charge < -0.3 is 4.74 Å². The van der Waals surface area contributed by atoms with E-state index in [-0.39, 0.29) is 5.91 Å². The second kappa shape index (κ2) is 9.12. The number of nitrogens with zero attached hydrogens (tertiary/aromatic N) is 1. The third-order valence-corrected chi connectivity index (χ3v) is 6.18. The number of hydrazone groups is 1. The molecule has 4 rings (SSSR count). The van der Waals surface area contributed by atoms with Crippen LogP contribution >= 0.6 is 22.9 Å². The molecule has 0 atom stereocenters. The van der Waals surface area contributed by atoms with Crippen LogP contribution in [0.5, 0.6) is 5.75 Å². The predicted octanol–water partition coefficient (Wildman–Crippen LogP) is 5.85. The van der Waals surface area contributed by atoms with Crippen LogP contribution in [0.25, 0.3) is 10.1 Å². The van der Waals surface area contributed by atoms with Gasteiger partial charge in [-0.1, -0.05) is 59.6 Å². The van der Waals surface area contributed by atoms with Crippen LogP contribution in [0.4, 0.5) is 0 Å². The average molecular weight is 449 g/mol. The van der Waals surface area contributed by atoms with Gasteiger partial charge in [0.05, 0.1) is 11.2 Å². The largest absolute Gasteiger partial charge is 0.422 e. The van der Waals surface area contributed by atoms with Crippen LogP contribution in [0.15, 0.2) is 77.9 Å². The lowest BCUT2D eigenvalue weighted by Crippen LogP contribution is -2.17. The van der Waals surface area contributed by atoms with E-state index in [1.807, 2.05) is 43.3 Å². The highest BCUT2D eigenvalue weighted by molar-refractivity contribution is 7.21. The van der Waals surface area contributed by atoms with Gasteiger partial charge >= 0.3 is 5.97 Å². The second-order valence-electron chi connectivity index (χ2n) is 6.73. The maximum absolute atomic E-state index is 12.7. The molecule has 0 spiro atoms. The van der Waals surface area contributed by atoms with E-state index in [0.29, 0.717) is 26.8 Å². The molecule has 31 heavy (non-hydrogen) atoms. The highest BCUT2D eigenvalue weighted by atomic mass is 35.5. The van der Waals surface area contributed by atoms with E-state index in [2.05, 4.69) is 10.5 Å². The molecule has 7 heteroatoms. The Labute approximate surface area is 187 Å². The van der Waals surface area contributed by atoms with E-state index in [1.54, 1.807) is 36.4 Å². The molecule has 0 aliphatic heterocycles. The zero-order valence-electron chi connectivity index (χ0n) is 16.5. The van der Waals surface area contributed by atoms with Gasteiger partial charge in [-0.15, -0.1) is 11.3 Å². The Balaban J connectivity index is 1.49. The summed E-state index contributed by atoms with van der Waals surface area (Å²) >= 11 is 7.66. The normalized spacial score (nSPS) is 11.0. The van der Waals surface area contributed by atoms with Gasteiger partial charge in [-0.05, 0) is 37.3 Å². The van der Waals surface area contributed by atoms with Crippen molar-refractivity contribution in [2.75, 3.05) is 0 Å². The predicted molar refractivity (Wildman–Crippen MR) is 124 cm³/mol. The molecule has 0 saturated heterocycles. The smallest absolute Gasteiger partial charge is 0.355 e. The van der Waals surface area contributed by atoms with Crippen LogP contribution in [0.2, 0.25) is 5.02 Å². The molecular formula is C24H17ClN2O3S. The van der Waals surface area contributed by atoms with E-state index < -0.39 is 5.97 Å². The van der Waals surface area contributed by atoms with Gasteiger partial charge in [0.25, 0.3) is 5.91 Å². The number of nitrogens with one attached hydrogen (secondary N) is 1. The molecule has 1 aromatic heterocycles. The van der Waals surface area contributed by atoms with Gasteiger partial charge in [0, 0.05) is 21.2 Å². The number of ether oxygens (including phenoxy) is 1. The Morgan fingerprint density at radius 1 is 1.00 bits per heavy atom. The summed E-state index contributed by atoms with van der Waals surface area (Å²) in [5.74, 6) is -0.562. The number of aryl methyl sites for hydroxylation is 1. The van der Waals surface area contributed by atoms with Crippen molar-refractivity contribution in [1.29, 1.82) is 0 Å². The van der Waals surface area contributed by atoms with Gasteiger partial charge in [0.2, 0.25) is 0 Å². The standard InChI is InChI=1S/C24H17ClN2O3S/c1-15-10-12-16(13-11-15)23(28)27-26-14-17-6-2-4-8-19(17)30-24(29)22-21(25)18-7-3-5-9-20(18)31-22/h2-14H,1H3,(H,27,28)/b26-14+. The van der Waals surface area contributed by atoms with E-state index in [4.69, 9.17) is 16.3 Å². The van der Waals surface area contributed by atoms with Crippen molar-refractivity contribution in [3.05, 3.63) is 99.4 Å². The maximum atomic E-state index is 12.7. The molecule has 1 N–H and O–H groups in total. The minimum absolute atomic E-state index is 0.314. The Morgan fingerprint density at radius 2 is 1.71 bits per heavy atom. The maximum Gasteiger partial charge on any atom is 0.355 e. The first-order valence-corrected chi connectivity index (χ1v) is 10.6. The summed E-state index contributed by atoms with van der Waals surface area (Å²) in [6, 6.07) is 21.6. The zero-order chi connectivity index (χ0) is 21.8. The first-order chi connectivity index (χ1) is 15.0. The van der Waals surface area contributed by atoms with Crippen molar-refractivity contribution in [1.82, 2.24) is 5.43 Å². The lowest BCUT2D eigenvalue weighted by atomic mass is 10.1. The molecule has 0 unspecified atom stereocenters. The Kier molecular flexibility index (Phi) is 6.11. The first kappa shape index (κ1) is 20.8. The number of hydrogen-bond donors (Lipinski definition) is 1. The van der Waals surface area contributed by atoms with Gasteiger partial charge in [0.1, 0.15) is 10.6 Å². The van der Waals surface area contributed by atoms with E-state index in [9.17, 15) is 9.59 Å². The van der Waals surface area contributed by atoms with Crippen LogP contribution in [-0.4, -0.2) is 18.1 Å². The number of thiophene rings is 1. The third-order valence-electron chi connectivity index (χ3n) is 4.53. The molecule has 0 fully saturated rings. The number of benzene rings is 3. The van der Waals surface area contributed by atoms with E-state index in [0.717, 1.165) is 15.6 Å². The lowest BCUT2D eigenvalue weighted by molar-refractivity contribution is 0.0739. The topological polar surface area (TPSA) is 67.8 Å². The highest BCUT2D eigenvalue weighted by Gasteiger charge is 2.19. The van der Waals surface area contributed by atoms with Crippen molar-refractivity contribution < 1.29 is 14.3 Å². The fourth-order valence-corrected chi connectivity index (χ4v) is 4.29. The SMILES string of the molecule is Cc1ccc(C(=O)N/N=C/c2ccccc2OC(=O)c2sc3ccccc3c2Cl)cc1. The van der Waals surface area contributed by atoms with E-state index in [1.165, 1.54) is 17.6 Å². The van der Waals surface area contributed by atoms with Gasteiger partial charge in [-0.25, -0.2) is 10.2 Å². The molecule has 3 aromatic carbocycles. The van der Waals surface area contributed by atoms with Crippen LogP contribution in [-0.2, 0) is 0 Å². The number of fused-ring (bicyclic) bond motifs is 1. The minimum Gasteiger partial charge on any atom is -0.422 e. The summed E-state index contributed by atoms with van der Waals surface area (Å²) in [5, 5.41) is 5.19. The second-order valence-corrected chi connectivity index (χ2v) is 8.16. The number of rotatable bonds is 5. The summed E-state index contributed by atoms with van der Waals surface area (Å²) in [5.41, 5.74) is 4.58. The minimum atomic E-state index is -0.546. The number of halogens is 1. The van der Waals surface area contributed by atoms with Crippen LogP contribution in [0, 0.1) is 6.92 Å². The summed E-state index contributed by atoms with van der Waals surface area (Å²) in [6.45, 7) is 1.95. The van der Waals surface area contributed by atoms with Crippen LogP contribution in [0.3, 0.4) is 0 Å². The molecular weight excluding hydrogens is 432 g/mol. The fourth-order valence-electron chi connectivity index (χ4n) is 2.90. The summed E-state index contributed by atoms with van der Waals surface area (Å²) in [4.78, 5) is 25.3. The molecule has 154 valence electrons. The zero-order valence-corrected chi connectivity index (χ0v) is 18.0. The van der Waals surface area contributed by atoms with Gasteiger partial charge in [-0.2, -0.15) is 5.10 Å². The number of carbonyl (C=O) groups is 2. The molecule has 0 aliphatic carbocycles. The molecule has 0 radical (unpaired) electrons. The van der Waals surface area contributed by atoms with Gasteiger partial charge in [-0.3, -0.25) is 4.79 Å². The lowest BCUT2D eigenvalue weighted by Gasteiger charge is -2.06. The average Bonchev–Trinajstić information content (AvgIpc) is 3.12. The van der Waals surface area contributed by atoms with E-state index >= 15 is 0 Å². The molecule has 0 aliphatic rings. The number of amides is 1. The molecule has 4 aromatic rings. The number of para-hydroxylation sites is 1. The summed E-state index contributed by atoms with van der Waals surface area (Å²) < 4.78 is 6.49. The number of carbonyl (C=O) groups excluding carboxylic acids is 2. The quantitative estimate of drug-likeness (QED) is 0.180. The molecule has 1 amide bonds.